The minimum atomic E-state index is 0.0778. The van der Waals surface area contributed by atoms with Gasteiger partial charge in [-0.3, -0.25) is 4.79 Å². The standard InChI is InChI=1S/C14H24N4O3/c1-18(14(19)8-10-4-3-5-11(10)15)9-13-16-12(17-21-13)6-7-20-2/h10-11H,3-9,15H2,1-2H3/t10-,11+/m0/s1. The topological polar surface area (TPSA) is 94.5 Å². The summed E-state index contributed by atoms with van der Waals surface area (Å²) in [6.07, 6.45) is 4.29. The molecule has 1 fully saturated rings. The number of rotatable bonds is 7. The van der Waals surface area contributed by atoms with E-state index in [2.05, 4.69) is 10.1 Å². The van der Waals surface area contributed by atoms with Gasteiger partial charge in [-0.15, -0.1) is 0 Å². The van der Waals surface area contributed by atoms with Gasteiger partial charge in [0.25, 0.3) is 0 Å². The first kappa shape index (κ1) is 15.9. The Morgan fingerprint density at radius 1 is 1.52 bits per heavy atom. The molecule has 1 aromatic rings. The Labute approximate surface area is 124 Å². The van der Waals surface area contributed by atoms with E-state index in [0.717, 1.165) is 19.3 Å². The minimum Gasteiger partial charge on any atom is -0.384 e. The summed E-state index contributed by atoms with van der Waals surface area (Å²) in [6, 6.07) is 0.159. The molecule has 1 saturated carbocycles. The number of hydrogen-bond donors (Lipinski definition) is 1. The molecule has 118 valence electrons. The second-order valence-corrected chi connectivity index (χ2v) is 5.66. The molecule has 0 aliphatic heterocycles. The summed E-state index contributed by atoms with van der Waals surface area (Å²) in [5, 5.41) is 3.86. The predicted octanol–water partition coefficient (Wildman–Crippen LogP) is 0.734. The monoisotopic (exact) mass is 296 g/mol. The van der Waals surface area contributed by atoms with E-state index in [1.807, 2.05) is 0 Å². The Bertz CT molecular complexity index is 463. The van der Waals surface area contributed by atoms with E-state index < -0.39 is 0 Å². The van der Waals surface area contributed by atoms with E-state index in [4.69, 9.17) is 15.0 Å². The number of nitrogens with zero attached hydrogens (tertiary/aromatic N) is 3. The molecule has 0 aromatic carbocycles. The van der Waals surface area contributed by atoms with Crippen molar-refractivity contribution in [1.29, 1.82) is 0 Å². The van der Waals surface area contributed by atoms with Gasteiger partial charge in [0, 0.05) is 33.0 Å². The van der Waals surface area contributed by atoms with Crippen molar-refractivity contribution in [1.82, 2.24) is 15.0 Å². The van der Waals surface area contributed by atoms with Crippen LogP contribution in [0.1, 0.15) is 37.4 Å². The first-order valence-electron chi connectivity index (χ1n) is 7.40. The molecule has 7 heteroatoms. The van der Waals surface area contributed by atoms with Crippen molar-refractivity contribution >= 4 is 5.91 Å². The predicted molar refractivity (Wildman–Crippen MR) is 76.3 cm³/mol. The maximum absolute atomic E-state index is 12.2. The van der Waals surface area contributed by atoms with Gasteiger partial charge in [0.1, 0.15) is 0 Å². The Morgan fingerprint density at radius 3 is 3.00 bits per heavy atom. The lowest BCUT2D eigenvalue weighted by Crippen LogP contribution is -2.32. The van der Waals surface area contributed by atoms with Crippen molar-refractivity contribution in [2.45, 2.75) is 44.7 Å². The third kappa shape index (κ3) is 4.50. The first-order valence-corrected chi connectivity index (χ1v) is 7.40. The van der Waals surface area contributed by atoms with Crippen LogP contribution in [0.4, 0.5) is 0 Å². The number of carbonyl (C=O) groups is 1. The molecule has 0 saturated heterocycles. The van der Waals surface area contributed by atoms with Crippen LogP contribution in [0.3, 0.4) is 0 Å². The molecule has 0 bridgehead atoms. The van der Waals surface area contributed by atoms with Crippen LogP contribution in [0.5, 0.6) is 0 Å². The fourth-order valence-corrected chi connectivity index (χ4v) is 2.64. The van der Waals surface area contributed by atoms with Crippen LogP contribution in [0.25, 0.3) is 0 Å². The van der Waals surface area contributed by atoms with Crippen molar-refractivity contribution in [3.8, 4) is 0 Å². The van der Waals surface area contributed by atoms with E-state index >= 15 is 0 Å². The van der Waals surface area contributed by atoms with Gasteiger partial charge in [0.2, 0.25) is 11.8 Å². The van der Waals surface area contributed by atoms with Crippen LogP contribution in [-0.2, 0) is 22.5 Å². The molecular formula is C14H24N4O3. The quantitative estimate of drug-likeness (QED) is 0.797. The van der Waals surface area contributed by atoms with Gasteiger partial charge in [-0.05, 0) is 18.8 Å². The smallest absolute Gasteiger partial charge is 0.246 e. The molecule has 1 aliphatic rings. The number of nitrogens with two attached hydrogens (primary N) is 1. The number of carbonyl (C=O) groups excluding carboxylic acids is 1. The molecule has 2 rings (SSSR count). The largest absolute Gasteiger partial charge is 0.384 e. The molecule has 0 radical (unpaired) electrons. The lowest BCUT2D eigenvalue weighted by Gasteiger charge is -2.19. The maximum Gasteiger partial charge on any atom is 0.246 e. The number of methoxy groups -OCH3 is 1. The zero-order valence-corrected chi connectivity index (χ0v) is 12.7. The summed E-state index contributed by atoms with van der Waals surface area (Å²) in [5.74, 6) is 1.44. The van der Waals surface area contributed by atoms with Crippen LogP contribution in [0, 0.1) is 5.92 Å². The summed E-state index contributed by atoms with van der Waals surface area (Å²) in [6.45, 7) is 0.883. The summed E-state index contributed by atoms with van der Waals surface area (Å²) < 4.78 is 10.1. The molecule has 1 aliphatic carbocycles. The minimum absolute atomic E-state index is 0.0778. The highest BCUT2D eigenvalue weighted by atomic mass is 16.5. The van der Waals surface area contributed by atoms with E-state index in [1.54, 1.807) is 19.1 Å². The number of amides is 1. The molecule has 0 unspecified atom stereocenters. The third-order valence-corrected chi connectivity index (χ3v) is 3.99. The molecule has 2 atom stereocenters. The van der Waals surface area contributed by atoms with E-state index in [-0.39, 0.29) is 11.9 Å². The Hall–Kier alpha value is -1.47. The van der Waals surface area contributed by atoms with Crippen LogP contribution in [-0.4, -0.2) is 47.8 Å². The number of hydrogen-bond acceptors (Lipinski definition) is 6. The zero-order valence-electron chi connectivity index (χ0n) is 12.7. The SMILES string of the molecule is COCCc1noc(CN(C)C(=O)C[C@@H]2CCC[C@H]2N)n1. The second-order valence-electron chi connectivity index (χ2n) is 5.66. The Morgan fingerprint density at radius 2 is 2.33 bits per heavy atom. The molecule has 2 N–H and O–H groups in total. The Kier molecular flexibility index (Phi) is 5.69. The van der Waals surface area contributed by atoms with Crippen LogP contribution in [0.15, 0.2) is 4.52 Å². The molecule has 21 heavy (non-hydrogen) atoms. The van der Waals surface area contributed by atoms with Crippen molar-refractivity contribution in [2.75, 3.05) is 20.8 Å². The van der Waals surface area contributed by atoms with Crippen LogP contribution < -0.4 is 5.73 Å². The van der Waals surface area contributed by atoms with Gasteiger partial charge in [0.05, 0.1) is 13.2 Å². The Balaban J connectivity index is 1.81. The third-order valence-electron chi connectivity index (χ3n) is 3.99. The van der Waals surface area contributed by atoms with Crippen molar-refractivity contribution in [3.63, 3.8) is 0 Å². The molecule has 1 heterocycles. The fourth-order valence-electron chi connectivity index (χ4n) is 2.64. The van der Waals surface area contributed by atoms with Crippen molar-refractivity contribution in [3.05, 3.63) is 11.7 Å². The summed E-state index contributed by atoms with van der Waals surface area (Å²) >= 11 is 0. The lowest BCUT2D eigenvalue weighted by molar-refractivity contribution is -0.131. The molecule has 1 aromatic heterocycles. The maximum atomic E-state index is 12.2. The zero-order chi connectivity index (χ0) is 15.2. The van der Waals surface area contributed by atoms with Gasteiger partial charge >= 0.3 is 0 Å². The normalized spacial score (nSPS) is 21.7. The molecule has 7 nitrogen and oxygen atoms in total. The highest BCUT2D eigenvalue weighted by molar-refractivity contribution is 5.76. The summed E-state index contributed by atoms with van der Waals surface area (Å²) in [5.41, 5.74) is 6.01. The van der Waals surface area contributed by atoms with Gasteiger partial charge in [0.15, 0.2) is 5.82 Å². The van der Waals surface area contributed by atoms with Crippen LogP contribution in [0.2, 0.25) is 0 Å². The number of aromatic nitrogens is 2. The van der Waals surface area contributed by atoms with E-state index in [0.29, 0.717) is 43.6 Å². The summed E-state index contributed by atoms with van der Waals surface area (Å²) in [7, 11) is 3.38. The van der Waals surface area contributed by atoms with Gasteiger partial charge < -0.3 is 19.9 Å². The average Bonchev–Trinajstić information content (AvgIpc) is 3.06. The van der Waals surface area contributed by atoms with E-state index in [9.17, 15) is 4.79 Å². The van der Waals surface area contributed by atoms with Gasteiger partial charge in [-0.1, -0.05) is 11.6 Å². The van der Waals surface area contributed by atoms with Crippen molar-refractivity contribution in [2.24, 2.45) is 11.7 Å². The van der Waals surface area contributed by atoms with Gasteiger partial charge in [-0.25, -0.2) is 0 Å². The second kappa shape index (κ2) is 7.51. The first-order chi connectivity index (χ1) is 10.1. The lowest BCUT2D eigenvalue weighted by atomic mass is 9.99. The average molecular weight is 296 g/mol. The molecular weight excluding hydrogens is 272 g/mol. The number of ether oxygens (including phenoxy) is 1. The van der Waals surface area contributed by atoms with E-state index in [1.165, 1.54) is 0 Å². The summed E-state index contributed by atoms with van der Waals surface area (Å²) in [4.78, 5) is 18.1. The van der Waals surface area contributed by atoms with Gasteiger partial charge in [-0.2, -0.15) is 4.98 Å². The highest BCUT2D eigenvalue weighted by Gasteiger charge is 2.27. The van der Waals surface area contributed by atoms with Crippen LogP contribution >= 0.6 is 0 Å². The molecule has 1 amide bonds. The fraction of sp³-hybridized carbons (Fsp3) is 0.786. The highest BCUT2D eigenvalue weighted by Crippen LogP contribution is 2.27. The van der Waals surface area contributed by atoms with Crippen molar-refractivity contribution < 1.29 is 14.1 Å². The molecule has 0 spiro atoms.